The third-order valence-electron chi connectivity index (χ3n) is 5.60. The Morgan fingerprint density at radius 3 is 2.62 bits per heavy atom. The van der Waals surface area contributed by atoms with Gasteiger partial charge in [-0.1, -0.05) is 12.1 Å². The van der Waals surface area contributed by atoms with Gasteiger partial charge in [-0.15, -0.1) is 0 Å². The van der Waals surface area contributed by atoms with Crippen molar-refractivity contribution >= 4 is 11.9 Å². The number of likely N-dealkylation sites (tertiary alicyclic amines) is 2. The van der Waals surface area contributed by atoms with Gasteiger partial charge in [0.2, 0.25) is 5.91 Å². The highest BCUT2D eigenvalue weighted by molar-refractivity contribution is 5.77. The summed E-state index contributed by atoms with van der Waals surface area (Å²) in [7, 11) is 1.65. The van der Waals surface area contributed by atoms with E-state index >= 15 is 0 Å². The molecule has 1 N–H and O–H groups in total. The molecule has 0 saturated carbocycles. The van der Waals surface area contributed by atoms with Crippen molar-refractivity contribution in [2.24, 2.45) is 11.8 Å². The Hall–Kier alpha value is -2.24. The second-order valence-corrected chi connectivity index (χ2v) is 7.25. The third kappa shape index (κ3) is 4.29. The number of ether oxygens (including phenoxy) is 1. The number of nitrogens with one attached hydrogen (secondary N) is 1. The first-order valence-corrected chi connectivity index (χ1v) is 9.54. The lowest BCUT2D eigenvalue weighted by molar-refractivity contribution is -0.132. The number of urea groups is 1. The zero-order valence-corrected chi connectivity index (χ0v) is 15.7. The minimum atomic E-state index is 0.0246. The zero-order chi connectivity index (χ0) is 18.5. The summed E-state index contributed by atoms with van der Waals surface area (Å²) in [5.74, 6) is 1.87. The fourth-order valence-corrected chi connectivity index (χ4v) is 4.04. The van der Waals surface area contributed by atoms with E-state index in [1.54, 1.807) is 7.11 Å². The van der Waals surface area contributed by atoms with Crippen LogP contribution in [0.4, 0.5) is 4.79 Å². The number of rotatable bonds is 4. The van der Waals surface area contributed by atoms with E-state index in [1.165, 1.54) is 0 Å². The molecule has 1 aromatic carbocycles. The summed E-state index contributed by atoms with van der Waals surface area (Å²) in [5, 5.41) is 2.89. The topological polar surface area (TPSA) is 61.9 Å². The minimum Gasteiger partial charge on any atom is -0.497 e. The molecule has 2 aliphatic heterocycles. The molecule has 2 saturated heterocycles. The highest BCUT2D eigenvalue weighted by atomic mass is 16.5. The van der Waals surface area contributed by atoms with Crippen molar-refractivity contribution in [1.29, 1.82) is 0 Å². The quantitative estimate of drug-likeness (QED) is 0.898. The summed E-state index contributed by atoms with van der Waals surface area (Å²) >= 11 is 0. The number of carbonyl (C=O) groups excluding carboxylic acids is 2. The molecule has 3 rings (SSSR count). The first-order chi connectivity index (χ1) is 12.6. The highest BCUT2D eigenvalue weighted by Gasteiger charge is 2.36. The molecule has 0 aliphatic carbocycles. The standard InChI is InChI=1S/C20H29N3O3/c1-3-21-20(25)23-11-8-16-12-19(24)22(10-9-17(16)14-23)13-15-4-6-18(26-2)7-5-15/h4-7,16-17H,3,8-14H2,1-2H3,(H,21,25)/t16-,17-/m0/s1. The summed E-state index contributed by atoms with van der Waals surface area (Å²) in [6.07, 6.45) is 2.48. The largest absolute Gasteiger partial charge is 0.497 e. The van der Waals surface area contributed by atoms with Gasteiger partial charge in [0.15, 0.2) is 0 Å². The van der Waals surface area contributed by atoms with Crippen LogP contribution < -0.4 is 10.1 Å². The Bertz CT molecular complexity index is 632. The molecule has 2 aliphatic rings. The molecule has 0 unspecified atom stereocenters. The Morgan fingerprint density at radius 1 is 1.19 bits per heavy atom. The van der Waals surface area contributed by atoms with E-state index in [4.69, 9.17) is 4.74 Å². The van der Waals surface area contributed by atoms with Gasteiger partial charge < -0.3 is 19.9 Å². The average molecular weight is 359 g/mol. The van der Waals surface area contributed by atoms with Crippen molar-refractivity contribution in [3.63, 3.8) is 0 Å². The van der Waals surface area contributed by atoms with Gasteiger partial charge in [0.1, 0.15) is 5.75 Å². The van der Waals surface area contributed by atoms with Gasteiger partial charge in [-0.05, 0) is 49.3 Å². The molecular weight excluding hydrogens is 330 g/mol. The van der Waals surface area contributed by atoms with E-state index < -0.39 is 0 Å². The molecule has 0 radical (unpaired) electrons. The predicted molar refractivity (Wildman–Crippen MR) is 99.9 cm³/mol. The van der Waals surface area contributed by atoms with Crippen LogP contribution in [0.3, 0.4) is 0 Å². The molecule has 0 spiro atoms. The lowest BCUT2D eigenvalue weighted by atomic mass is 9.82. The van der Waals surface area contributed by atoms with Crippen molar-refractivity contribution in [1.82, 2.24) is 15.1 Å². The smallest absolute Gasteiger partial charge is 0.317 e. The highest BCUT2D eigenvalue weighted by Crippen LogP contribution is 2.33. The molecule has 1 aromatic rings. The molecule has 0 bridgehead atoms. The molecule has 2 fully saturated rings. The van der Waals surface area contributed by atoms with E-state index in [0.29, 0.717) is 31.3 Å². The predicted octanol–water partition coefficient (Wildman–Crippen LogP) is 2.49. The molecule has 6 heteroatoms. The zero-order valence-electron chi connectivity index (χ0n) is 15.7. The number of fused-ring (bicyclic) bond motifs is 1. The van der Waals surface area contributed by atoms with Gasteiger partial charge in [0, 0.05) is 39.1 Å². The van der Waals surface area contributed by atoms with Crippen LogP contribution >= 0.6 is 0 Å². The van der Waals surface area contributed by atoms with E-state index in [0.717, 1.165) is 43.8 Å². The minimum absolute atomic E-state index is 0.0246. The Morgan fingerprint density at radius 2 is 1.92 bits per heavy atom. The van der Waals surface area contributed by atoms with Crippen LogP contribution in [0.5, 0.6) is 5.75 Å². The van der Waals surface area contributed by atoms with E-state index in [1.807, 2.05) is 41.0 Å². The number of hydrogen-bond acceptors (Lipinski definition) is 3. The van der Waals surface area contributed by atoms with Crippen molar-refractivity contribution in [3.8, 4) is 5.75 Å². The van der Waals surface area contributed by atoms with Crippen molar-refractivity contribution in [3.05, 3.63) is 29.8 Å². The number of piperidine rings is 1. The second-order valence-electron chi connectivity index (χ2n) is 7.25. The Kier molecular flexibility index (Phi) is 6.01. The van der Waals surface area contributed by atoms with Crippen molar-refractivity contribution in [2.45, 2.75) is 32.7 Å². The first-order valence-electron chi connectivity index (χ1n) is 9.54. The maximum atomic E-state index is 12.7. The summed E-state index contributed by atoms with van der Waals surface area (Å²) in [4.78, 5) is 28.7. The molecule has 26 heavy (non-hydrogen) atoms. The number of hydrogen-bond donors (Lipinski definition) is 1. The molecule has 0 aromatic heterocycles. The fraction of sp³-hybridized carbons (Fsp3) is 0.600. The summed E-state index contributed by atoms with van der Waals surface area (Å²) in [6.45, 7) is 5.50. The Balaban J connectivity index is 1.61. The normalized spacial score (nSPS) is 23.2. The van der Waals surface area contributed by atoms with Crippen molar-refractivity contribution < 1.29 is 14.3 Å². The average Bonchev–Trinajstić information content (AvgIpc) is 2.81. The lowest BCUT2D eigenvalue weighted by Crippen LogP contribution is -2.48. The van der Waals surface area contributed by atoms with Crippen LogP contribution in [0.2, 0.25) is 0 Å². The number of carbonyl (C=O) groups is 2. The number of methoxy groups -OCH3 is 1. The van der Waals surface area contributed by atoms with Crippen molar-refractivity contribution in [2.75, 3.05) is 33.3 Å². The molecule has 3 amide bonds. The van der Waals surface area contributed by atoms with Crippen LogP contribution in [0.1, 0.15) is 31.7 Å². The van der Waals surface area contributed by atoms with Crippen LogP contribution in [0, 0.1) is 11.8 Å². The molecule has 2 atom stereocenters. The third-order valence-corrected chi connectivity index (χ3v) is 5.60. The summed E-state index contributed by atoms with van der Waals surface area (Å²) < 4.78 is 5.19. The number of benzene rings is 1. The van der Waals surface area contributed by atoms with Gasteiger partial charge in [0.25, 0.3) is 0 Å². The molecule has 6 nitrogen and oxygen atoms in total. The first kappa shape index (κ1) is 18.5. The maximum absolute atomic E-state index is 12.7. The monoisotopic (exact) mass is 359 g/mol. The van der Waals surface area contributed by atoms with Gasteiger partial charge in [-0.3, -0.25) is 4.79 Å². The van der Waals surface area contributed by atoms with Crippen LogP contribution in [0.25, 0.3) is 0 Å². The van der Waals surface area contributed by atoms with E-state index in [-0.39, 0.29) is 11.9 Å². The van der Waals surface area contributed by atoms with E-state index in [9.17, 15) is 9.59 Å². The van der Waals surface area contributed by atoms with E-state index in [2.05, 4.69) is 5.32 Å². The SMILES string of the molecule is CCNC(=O)N1CC[C@H]2CC(=O)N(Cc3ccc(OC)cc3)CC[C@H]2C1. The fourth-order valence-electron chi connectivity index (χ4n) is 4.04. The van der Waals surface area contributed by atoms with Crippen LogP contribution in [0.15, 0.2) is 24.3 Å². The van der Waals surface area contributed by atoms with Gasteiger partial charge in [-0.2, -0.15) is 0 Å². The van der Waals surface area contributed by atoms with Gasteiger partial charge in [-0.25, -0.2) is 4.79 Å². The number of amides is 3. The van der Waals surface area contributed by atoms with Crippen LogP contribution in [-0.4, -0.2) is 55.0 Å². The van der Waals surface area contributed by atoms with Crippen LogP contribution in [-0.2, 0) is 11.3 Å². The molecule has 142 valence electrons. The molecular formula is C20H29N3O3. The van der Waals surface area contributed by atoms with Gasteiger partial charge >= 0.3 is 6.03 Å². The maximum Gasteiger partial charge on any atom is 0.317 e. The number of nitrogens with zero attached hydrogens (tertiary/aromatic N) is 2. The summed E-state index contributed by atoms with van der Waals surface area (Å²) in [6, 6.07) is 7.92. The summed E-state index contributed by atoms with van der Waals surface area (Å²) in [5.41, 5.74) is 1.12. The lowest BCUT2D eigenvalue weighted by Gasteiger charge is -2.37. The Labute approximate surface area is 155 Å². The second kappa shape index (κ2) is 8.43. The molecule has 2 heterocycles. The van der Waals surface area contributed by atoms with Gasteiger partial charge in [0.05, 0.1) is 7.11 Å².